The largest absolute Gasteiger partial charge is 0.496 e. The summed E-state index contributed by atoms with van der Waals surface area (Å²) in [4.78, 5) is 1.32. The first-order valence-corrected chi connectivity index (χ1v) is 6.76. The summed E-state index contributed by atoms with van der Waals surface area (Å²) in [6.45, 7) is 3.00. The van der Waals surface area contributed by atoms with Crippen LogP contribution in [0.1, 0.15) is 24.8 Å². The van der Waals surface area contributed by atoms with Crippen molar-refractivity contribution in [1.29, 1.82) is 0 Å². The fourth-order valence-corrected chi connectivity index (χ4v) is 3.59. The molecule has 1 aromatic rings. The maximum Gasteiger partial charge on any atom is 0.132 e. The van der Waals surface area contributed by atoms with Crippen molar-refractivity contribution >= 4 is 11.8 Å². The number of methoxy groups -OCH3 is 1. The highest BCUT2D eigenvalue weighted by Gasteiger charge is 2.26. The van der Waals surface area contributed by atoms with Crippen molar-refractivity contribution in [2.75, 3.05) is 19.4 Å². The molecule has 0 amide bonds. The summed E-state index contributed by atoms with van der Waals surface area (Å²) >= 11 is 1.91. The van der Waals surface area contributed by atoms with Gasteiger partial charge in [0, 0.05) is 0 Å². The number of hydrogen-bond donors (Lipinski definition) is 1. The number of thioether (sulfide) groups is 1. The van der Waals surface area contributed by atoms with E-state index in [0.717, 1.165) is 12.3 Å². The van der Waals surface area contributed by atoms with Gasteiger partial charge >= 0.3 is 0 Å². The van der Waals surface area contributed by atoms with Gasteiger partial charge in [-0.05, 0) is 42.2 Å². The summed E-state index contributed by atoms with van der Waals surface area (Å²) in [6.07, 6.45) is 1.23. The molecule has 0 bridgehead atoms. The zero-order chi connectivity index (χ0) is 11.5. The average molecular weight is 237 g/mol. The van der Waals surface area contributed by atoms with Crippen LogP contribution in [0.4, 0.5) is 0 Å². The first kappa shape index (κ1) is 11.8. The average Bonchev–Trinajstić information content (AvgIpc) is 2.36. The third-order valence-electron chi connectivity index (χ3n) is 3.36. The molecule has 2 N–H and O–H groups in total. The van der Waals surface area contributed by atoms with E-state index in [0.29, 0.717) is 11.8 Å². The zero-order valence-corrected chi connectivity index (χ0v) is 10.7. The van der Waals surface area contributed by atoms with Crippen LogP contribution >= 0.6 is 11.8 Å². The van der Waals surface area contributed by atoms with Crippen LogP contribution in [0.3, 0.4) is 0 Å². The van der Waals surface area contributed by atoms with Crippen LogP contribution < -0.4 is 10.5 Å². The molecule has 2 nitrogen and oxygen atoms in total. The lowest BCUT2D eigenvalue weighted by atomic mass is 9.84. The molecule has 0 radical (unpaired) electrons. The minimum Gasteiger partial charge on any atom is -0.496 e. The Kier molecular flexibility index (Phi) is 3.77. The molecule has 88 valence electrons. The minimum absolute atomic E-state index is 0.548. The predicted molar refractivity (Wildman–Crippen MR) is 69.3 cm³/mol. The van der Waals surface area contributed by atoms with Crippen molar-refractivity contribution in [1.82, 2.24) is 0 Å². The van der Waals surface area contributed by atoms with E-state index in [1.165, 1.54) is 22.6 Å². The Bertz CT molecular complexity index is 367. The predicted octanol–water partition coefficient (Wildman–Crippen LogP) is 2.87. The standard InChI is InChI=1S/C13H19NOS/c1-9(8-14)10-6-7-16-13-11(10)4-3-5-12(13)15-2/h3-5,9-10H,6-8,14H2,1-2H3. The Morgan fingerprint density at radius 2 is 2.38 bits per heavy atom. The van der Waals surface area contributed by atoms with Crippen molar-refractivity contribution in [3.05, 3.63) is 23.8 Å². The summed E-state index contributed by atoms with van der Waals surface area (Å²) in [5, 5.41) is 0. The van der Waals surface area contributed by atoms with Crippen LogP contribution in [0.25, 0.3) is 0 Å². The zero-order valence-electron chi connectivity index (χ0n) is 9.90. The highest BCUT2D eigenvalue weighted by molar-refractivity contribution is 7.99. The van der Waals surface area contributed by atoms with Crippen LogP contribution in [0.5, 0.6) is 5.75 Å². The van der Waals surface area contributed by atoms with Gasteiger partial charge in [-0.1, -0.05) is 19.1 Å². The maximum absolute atomic E-state index is 5.79. The molecule has 2 unspecified atom stereocenters. The molecule has 0 aromatic heterocycles. The number of fused-ring (bicyclic) bond motifs is 1. The van der Waals surface area contributed by atoms with Crippen molar-refractivity contribution in [2.24, 2.45) is 11.7 Å². The Morgan fingerprint density at radius 1 is 1.56 bits per heavy atom. The van der Waals surface area contributed by atoms with Gasteiger partial charge in [-0.25, -0.2) is 0 Å². The third-order valence-corrected chi connectivity index (χ3v) is 4.53. The molecular weight excluding hydrogens is 218 g/mol. The van der Waals surface area contributed by atoms with Gasteiger partial charge < -0.3 is 10.5 Å². The van der Waals surface area contributed by atoms with Crippen LogP contribution in [-0.4, -0.2) is 19.4 Å². The molecule has 16 heavy (non-hydrogen) atoms. The van der Waals surface area contributed by atoms with Crippen LogP contribution in [0, 0.1) is 5.92 Å². The van der Waals surface area contributed by atoms with Gasteiger partial charge in [0.25, 0.3) is 0 Å². The second kappa shape index (κ2) is 5.11. The summed E-state index contributed by atoms with van der Waals surface area (Å²) in [7, 11) is 1.74. The highest BCUT2D eigenvalue weighted by atomic mass is 32.2. The lowest BCUT2D eigenvalue weighted by Gasteiger charge is -2.30. The van der Waals surface area contributed by atoms with E-state index in [4.69, 9.17) is 10.5 Å². The van der Waals surface area contributed by atoms with Crippen LogP contribution in [0.2, 0.25) is 0 Å². The number of rotatable bonds is 3. The highest BCUT2D eigenvalue weighted by Crippen LogP contribution is 2.45. The van der Waals surface area contributed by atoms with Crippen molar-refractivity contribution in [3.63, 3.8) is 0 Å². The molecule has 0 aliphatic carbocycles. The van der Waals surface area contributed by atoms with Crippen LogP contribution in [0.15, 0.2) is 23.1 Å². The monoisotopic (exact) mass is 237 g/mol. The van der Waals surface area contributed by atoms with Gasteiger partial charge in [0.2, 0.25) is 0 Å². The van der Waals surface area contributed by atoms with E-state index in [1.54, 1.807) is 7.11 Å². The second-order valence-corrected chi connectivity index (χ2v) is 5.44. The van der Waals surface area contributed by atoms with Crippen LogP contribution in [-0.2, 0) is 0 Å². The Labute approximate surface area is 102 Å². The lowest BCUT2D eigenvalue weighted by Crippen LogP contribution is -2.22. The smallest absolute Gasteiger partial charge is 0.132 e. The minimum atomic E-state index is 0.548. The fourth-order valence-electron chi connectivity index (χ4n) is 2.34. The van der Waals surface area contributed by atoms with Gasteiger partial charge in [0.15, 0.2) is 0 Å². The molecule has 1 aliphatic heterocycles. The van der Waals surface area contributed by atoms with E-state index in [-0.39, 0.29) is 0 Å². The number of nitrogens with two attached hydrogens (primary N) is 1. The molecule has 0 saturated heterocycles. The van der Waals surface area contributed by atoms with Gasteiger partial charge in [0.05, 0.1) is 12.0 Å². The fraction of sp³-hybridized carbons (Fsp3) is 0.538. The lowest BCUT2D eigenvalue weighted by molar-refractivity contribution is 0.395. The SMILES string of the molecule is COc1cccc2c1SCCC2C(C)CN. The normalized spacial score (nSPS) is 21.3. The number of benzene rings is 1. The van der Waals surface area contributed by atoms with Gasteiger partial charge in [0.1, 0.15) is 5.75 Å². The van der Waals surface area contributed by atoms with Crippen molar-refractivity contribution in [3.8, 4) is 5.75 Å². The summed E-state index contributed by atoms with van der Waals surface area (Å²) in [5.74, 6) is 3.32. The summed E-state index contributed by atoms with van der Waals surface area (Å²) < 4.78 is 5.42. The van der Waals surface area contributed by atoms with E-state index < -0.39 is 0 Å². The van der Waals surface area contributed by atoms with Crippen molar-refractivity contribution in [2.45, 2.75) is 24.2 Å². The molecule has 0 fully saturated rings. The molecule has 1 heterocycles. The molecule has 1 aromatic carbocycles. The quantitative estimate of drug-likeness (QED) is 0.878. The van der Waals surface area contributed by atoms with E-state index in [1.807, 2.05) is 17.8 Å². The summed E-state index contributed by atoms with van der Waals surface area (Å²) in [6, 6.07) is 6.35. The first-order chi connectivity index (χ1) is 7.77. The molecule has 2 atom stereocenters. The third kappa shape index (κ3) is 2.06. The molecule has 2 rings (SSSR count). The molecule has 3 heteroatoms. The first-order valence-electron chi connectivity index (χ1n) is 5.77. The van der Waals surface area contributed by atoms with E-state index in [9.17, 15) is 0 Å². The topological polar surface area (TPSA) is 35.2 Å². The Balaban J connectivity index is 2.39. The molecular formula is C13H19NOS. The summed E-state index contributed by atoms with van der Waals surface area (Å²) in [5.41, 5.74) is 7.22. The van der Waals surface area contributed by atoms with Gasteiger partial charge in [-0.3, -0.25) is 0 Å². The number of ether oxygens (including phenoxy) is 1. The molecule has 0 saturated carbocycles. The second-order valence-electron chi connectivity index (χ2n) is 4.34. The number of hydrogen-bond acceptors (Lipinski definition) is 3. The van der Waals surface area contributed by atoms with E-state index in [2.05, 4.69) is 19.1 Å². The Morgan fingerprint density at radius 3 is 3.06 bits per heavy atom. The maximum atomic E-state index is 5.79. The van der Waals surface area contributed by atoms with Gasteiger partial charge in [-0.2, -0.15) is 0 Å². The van der Waals surface area contributed by atoms with E-state index >= 15 is 0 Å². The molecule has 0 spiro atoms. The molecule has 1 aliphatic rings. The van der Waals surface area contributed by atoms with Crippen molar-refractivity contribution < 1.29 is 4.74 Å². The Hall–Kier alpha value is -0.670. The van der Waals surface area contributed by atoms with Gasteiger partial charge in [-0.15, -0.1) is 11.8 Å².